The van der Waals surface area contributed by atoms with Crippen molar-refractivity contribution in [2.45, 2.75) is 39.4 Å². The van der Waals surface area contributed by atoms with E-state index < -0.39 is 23.8 Å². The molecule has 1 aliphatic rings. The molecule has 0 aromatic carbocycles. The van der Waals surface area contributed by atoms with Crippen molar-refractivity contribution in [3.63, 3.8) is 0 Å². The molecule has 104 valence electrons. The molecule has 0 radical (unpaired) electrons. The summed E-state index contributed by atoms with van der Waals surface area (Å²) in [7, 11) is 0. The number of rotatable bonds is 1. The number of aliphatic carboxylic acids is 1. The summed E-state index contributed by atoms with van der Waals surface area (Å²) in [5.74, 6) is -0.973. The van der Waals surface area contributed by atoms with Gasteiger partial charge in [-0.05, 0) is 26.7 Å². The molecule has 0 spiro atoms. The van der Waals surface area contributed by atoms with Crippen LogP contribution in [0.5, 0.6) is 0 Å². The van der Waals surface area contributed by atoms with E-state index in [1.165, 1.54) is 4.90 Å². The van der Waals surface area contributed by atoms with Crippen molar-refractivity contribution in [3.05, 3.63) is 0 Å². The van der Waals surface area contributed by atoms with Gasteiger partial charge in [0.25, 0.3) is 0 Å². The van der Waals surface area contributed by atoms with Crippen LogP contribution >= 0.6 is 0 Å². The van der Waals surface area contributed by atoms with Crippen LogP contribution in [0.2, 0.25) is 0 Å². The van der Waals surface area contributed by atoms with Gasteiger partial charge in [-0.2, -0.15) is 0 Å². The van der Waals surface area contributed by atoms with Gasteiger partial charge in [0.2, 0.25) is 0 Å². The summed E-state index contributed by atoms with van der Waals surface area (Å²) in [4.78, 5) is 24.3. The Hall–Kier alpha value is -1.30. The van der Waals surface area contributed by atoms with Gasteiger partial charge < -0.3 is 19.5 Å². The molecule has 6 nitrogen and oxygen atoms in total. The number of carbonyl (C=O) groups is 2. The predicted molar refractivity (Wildman–Crippen MR) is 64.3 cm³/mol. The fraction of sp³-hybridized carbons (Fsp3) is 0.833. The molecule has 1 amide bonds. The molecule has 0 aliphatic carbocycles. The minimum absolute atomic E-state index is 0.0224. The van der Waals surface area contributed by atoms with E-state index in [0.29, 0.717) is 13.2 Å². The maximum Gasteiger partial charge on any atom is 0.410 e. The highest BCUT2D eigenvalue weighted by Gasteiger charge is 2.32. The molecule has 1 heterocycles. The van der Waals surface area contributed by atoms with Crippen LogP contribution in [0.15, 0.2) is 0 Å². The Morgan fingerprint density at radius 3 is 2.44 bits per heavy atom. The van der Waals surface area contributed by atoms with Crippen molar-refractivity contribution >= 4 is 12.1 Å². The Labute approximate surface area is 107 Å². The highest BCUT2D eigenvalue weighted by atomic mass is 16.6. The fourth-order valence-corrected chi connectivity index (χ4v) is 1.66. The fourth-order valence-electron chi connectivity index (χ4n) is 1.66. The lowest BCUT2D eigenvalue weighted by Crippen LogP contribution is -2.43. The van der Waals surface area contributed by atoms with E-state index in [9.17, 15) is 9.59 Å². The minimum Gasteiger partial charge on any atom is -0.479 e. The normalized spacial score (nSPS) is 25.4. The lowest BCUT2D eigenvalue weighted by molar-refractivity contribution is -0.150. The lowest BCUT2D eigenvalue weighted by atomic mass is 10.2. The zero-order valence-electron chi connectivity index (χ0n) is 11.3. The molecule has 2 atom stereocenters. The standard InChI is InChI=1S/C12H21NO5/c1-8-5-13(11(16)18-12(2,3)4)6-9(10(14)15)17-7-8/h8-9H,5-7H2,1-4H3,(H,14,15)/t8-,9?/m0/s1. The number of nitrogens with zero attached hydrogens (tertiary/aromatic N) is 1. The van der Waals surface area contributed by atoms with E-state index in [1.54, 1.807) is 20.8 Å². The summed E-state index contributed by atoms with van der Waals surface area (Å²) in [6.45, 7) is 8.02. The van der Waals surface area contributed by atoms with Crippen molar-refractivity contribution in [2.75, 3.05) is 19.7 Å². The molecule has 0 bridgehead atoms. The monoisotopic (exact) mass is 259 g/mol. The van der Waals surface area contributed by atoms with Gasteiger partial charge in [0.1, 0.15) is 5.60 Å². The highest BCUT2D eigenvalue weighted by Crippen LogP contribution is 2.15. The first kappa shape index (κ1) is 14.8. The summed E-state index contributed by atoms with van der Waals surface area (Å²) in [5, 5.41) is 8.98. The maximum atomic E-state index is 11.9. The second-order valence-electron chi connectivity index (χ2n) is 5.65. The quantitative estimate of drug-likeness (QED) is 0.769. The van der Waals surface area contributed by atoms with Gasteiger partial charge in [-0.1, -0.05) is 6.92 Å². The summed E-state index contributed by atoms with van der Waals surface area (Å²) < 4.78 is 10.5. The molecule has 0 aromatic heterocycles. The molecular weight excluding hydrogens is 238 g/mol. The zero-order valence-corrected chi connectivity index (χ0v) is 11.3. The van der Waals surface area contributed by atoms with Crippen molar-refractivity contribution in [2.24, 2.45) is 5.92 Å². The van der Waals surface area contributed by atoms with E-state index in [0.717, 1.165) is 0 Å². The average molecular weight is 259 g/mol. The van der Waals surface area contributed by atoms with Gasteiger partial charge in [-0.15, -0.1) is 0 Å². The molecule has 1 N–H and O–H groups in total. The smallest absolute Gasteiger partial charge is 0.410 e. The minimum atomic E-state index is -1.06. The van der Waals surface area contributed by atoms with Crippen molar-refractivity contribution in [1.82, 2.24) is 4.90 Å². The van der Waals surface area contributed by atoms with E-state index in [-0.39, 0.29) is 12.5 Å². The Morgan fingerprint density at radius 2 is 1.94 bits per heavy atom. The molecule has 0 saturated carbocycles. The van der Waals surface area contributed by atoms with Crippen LogP contribution in [0.25, 0.3) is 0 Å². The predicted octanol–water partition coefficient (Wildman–Crippen LogP) is 1.34. The third kappa shape index (κ3) is 4.52. The average Bonchev–Trinajstić information content (AvgIpc) is 2.37. The van der Waals surface area contributed by atoms with Crippen LogP contribution in [0.1, 0.15) is 27.7 Å². The van der Waals surface area contributed by atoms with Gasteiger partial charge in [-0.3, -0.25) is 0 Å². The van der Waals surface area contributed by atoms with Crippen LogP contribution < -0.4 is 0 Å². The lowest BCUT2D eigenvalue weighted by Gasteiger charge is -2.27. The molecule has 6 heteroatoms. The number of hydrogen-bond acceptors (Lipinski definition) is 4. The van der Waals surface area contributed by atoms with E-state index in [4.69, 9.17) is 14.6 Å². The van der Waals surface area contributed by atoms with Crippen molar-refractivity contribution < 1.29 is 24.2 Å². The molecule has 1 fully saturated rings. The van der Waals surface area contributed by atoms with Crippen LogP contribution in [0, 0.1) is 5.92 Å². The van der Waals surface area contributed by atoms with Crippen LogP contribution in [-0.2, 0) is 14.3 Å². The first-order valence-electron chi connectivity index (χ1n) is 6.01. The van der Waals surface area contributed by atoms with E-state index in [2.05, 4.69) is 0 Å². The van der Waals surface area contributed by atoms with Crippen molar-refractivity contribution in [1.29, 1.82) is 0 Å². The Kier molecular flexibility index (Phi) is 4.56. The number of amides is 1. The zero-order chi connectivity index (χ0) is 13.9. The summed E-state index contributed by atoms with van der Waals surface area (Å²) in [6, 6.07) is 0. The van der Waals surface area contributed by atoms with Gasteiger partial charge in [-0.25, -0.2) is 9.59 Å². The molecule has 18 heavy (non-hydrogen) atoms. The number of hydrogen-bond donors (Lipinski definition) is 1. The second kappa shape index (κ2) is 5.56. The first-order chi connectivity index (χ1) is 8.19. The molecule has 1 rings (SSSR count). The number of carbonyl (C=O) groups excluding carboxylic acids is 1. The number of ether oxygens (including phenoxy) is 2. The van der Waals surface area contributed by atoms with Crippen LogP contribution in [0.4, 0.5) is 4.79 Å². The summed E-state index contributed by atoms with van der Waals surface area (Å²) >= 11 is 0. The van der Waals surface area contributed by atoms with Gasteiger partial charge in [0, 0.05) is 6.54 Å². The van der Waals surface area contributed by atoms with Gasteiger partial charge in [0.05, 0.1) is 13.2 Å². The Balaban J connectivity index is 2.72. The SMILES string of the molecule is C[C@@H]1COC(C(=O)O)CN(C(=O)OC(C)(C)C)C1. The van der Waals surface area contributed by atoms with E-state index >= 15 is 0 Å². The Bertz CT molecular complexity index is 323. The molecule has 1 unspecified atom stereocenters. The Morgan fingerprint density at radius 1 is 1.33 bits per heavy atom. The van der Waals surface area contributed by atoms with E-state index in [1.807, 2.05) is 6.92 Å². The summed E-state index contributed by atoms with van der Waals surface area (Å²) in [5.41, 5.74) is -0.591. The number of carboxylic acid groups (broad SMARTS) is 1. The van der Waals surface area contributed by atoms with Crippen molar-refractivity contribution in [3.8, 4) is 0 Å². The third-order valence-corrected chi connectivity index (χ3v) is 2.43. The van der Waals surface area contributed by atoms with Gasteiger partial charge in [0.15, 0.2) is 6.10 Å². The number of carboxylic acids is 1. The van der Waals surface area contributed by atoms with Gasteiger partial charge >= 0.3 is 12.1 Å². The highest BCUT2D eigenvalue weighted by molar-refractivity contribution is 5.74. The summed E-state index contributed by atoms with van der Waals surface area (Å²) in [6.07, 6.45) is -1.48. The molecule has 1 saturated heterocycles. The largest absolute Gasteiger partial charge is 0.479 e. The van der Waals surface area contributed by atoms with Crippen LogP contribution in [0.3, 0.4) is 0 Å². The first-order valence-corrected chi connectivity index (χ1v) is 6.01. The van der Waals surface area contributed by atoms with Crippen LogP contribution in [-0.4, -0.2) is 53.5 Å². The topological polar surface area (TPSA) is 76.1 Å². The second-order valence-corrected chi connectivity index (χ2v) is 5.65. The third-order valence-electron chi connectivity index (χ3n) is 2.43. The maximum absolute atomic E-state index is 11.9. The molecular formula is C12H21NO5. The molecule has 0 aromatic rings. The molecule has 1 aliphatic heterocycles.